The highest BCUT2D eigenvalue weighted by Crippen LogP contribution is 2.32. The van der Waals surface area contributed by atoms with Crippen molar-refractivity contribution in [3.63, 3.8) is 0 Å². The van der Waals surface area contributed by atoms with Crippen molar-refractivity contribution in [2.75, 3.05) is 0 Å². The van der Waals surface area contributed by atoms with Crippen molar-refractivity contribution in [3.05, 3.63) is 58.8 Å². The molecule has 17 heavy (non-hydrogen) atoms. The molecule has 0 spiro atoms. The van der Waals surface area contributed by atoms with E-state index < -0.39 is 0 Å². The molecule has 0 saturated heterocycles. The fraction of sp³-hybridized carbons (Fsp3) is 0. The Balaban J connectivity index is 2.34. The van der Waals surface area contributed by atoms with Crippen molar-refractivity contribution in [3.8, 4) is 11.1 Å². The zero-order valence-electron chi connectivity index (χ0n) is 9.09. The third-order valence-electron chi connectivity index (χ3n) is 2.88. The molecule has 0 aliphatic heterocycles. The lowest BCUT2D eigenvalue weighted by Crippen LogP contribution is -1.82. The number of carbonyl (C=O) groups excluding carboxylic acids is 1. The quantitative estimate of drug-likeness (QED) is 0.605. The number of hydrogen-bond acceptors (Lipinski definition) is 2. The van der Waals surface area contributed by atoms with Gasteiger partial charge in [0, 0.05) is 5.56 Å². The van der Waals surface area contributed by atoms with E-state index in [1.54, 1.807) is 0 Å². The number of aldehydes is 1. The fourth-order valence-corrected chi connectivity index (χ4v) is 2.81. The van der Waals surface area contributed by atoms with E-state index in [0.717, 1.165) is 22.3 Å². The summed E-state index contributed by atoms with van der Waals surface area (Å²) in [5.41, 5.74) is 2.16. The normalized spacial score (nSPS) is 10.6. The molecule has 0 bridgehead atoms. The van der Waals surface area contributed by atoms with Crippen LogP contribution in [-0.2, 0) is 0 Å². The van der Waals surface area contributed by atoms with E-state index in [2.05, 4.69) is 24.3 Å². The number of fused-ring (bicyclic) bond motifs is 1. The molecule has 0 aliphatic rings. The van der Waals surface area contributed by atoms with Gasteiger partial charge >= 0.3 is 0 Å². The molecule has 82 valence electrons. The summed E-state index contributed by atoms with van der Waals surface area (Å²) >= 11 is 1.48. The van der Waals surface area contributed by atoms with Gasteiger partial charge in [-0.3, -0.25) is 4.79 Å². The zero-order valence-corrected chi connectivity index (χ0v) is 9.91. The van der Waals surface area contributed by atoms with Crippen LogP contribution in [0, 0.1) is 0 Å². The van der Waals surface area contributed by atoms with Crippen LogP contribution in [0.4, 0.5) is 0 Å². The van der Waals surface area contributed by atoms with E-state index in [9.17, 15) is 4.79 Å². The van der Waals surface area contributed by atoms with Crippen LogP contribution in [-0.4, -0.2) is 6.29 Å². The first kappa shape index (κ1) is 10.2. The second-order valence-corrected chi connectivity index (χ2v) is 4.79. The van der Waals surface area contributed by atoms with E-state index in [4.69, 9.17) is 0 Å². The lowest BCUT2D eigenvalue weighted by atomic mass is 9.99. The zero-order chi connectivity index (χ0) is 11.7. The topological polar surface area (TPSA) is 17.1 Å². The highest BCUT2D eigenvalue weighted by molar-refractivity contribution is 7.12. The monoisotopic (exact) mass is 238 g/mol. The van der Waals surface area contributed by atoms with Gasteiger partial charge in [0.1, 0.15) is 0 Å². The molecule has 3 rings (SSSR count). The smallest absolute Gasteiger partial charge is 0.160 e. The van der Waals surface area contributed by atoms with Gasteiger partial charge in [0.15, 0.2) is 6.29 Å². The van der Waals surface area contributed by atoms with Crippen LogP contribution in [0.2, 0.25) is 0 Å². The summed E-state index contributed by atoms with van der Waals surface area (Å²) < 4.78 is 0. The Kier molecular flexibility index (Phi) is 2.50. The summed E-state index contributed by atoms with van der Waals surface area (Å²) in [6.07, 6.45) is 0.932. The van der Waals surface area contributed by atoms with Crippen molar-refractivity contribution in [1.29, 1.82) is 0 Å². The minimum atomic E-state index is 0.793. The Labute approximate surface area is 103 Å². The van der Waals surface area contributed by atoms with Crippen LogP contribution in [0.5, 0.6) is 0 Å². The van der Waals surface area contributed by atoms with Gasteiger partial charge < -0.3 is 0 Å². The molecule has 0 unspecified atom stereocenters. The molecule has 1 nitrogen and oxygen atoms in total. The highest BCUT2D eigenvalue weighted by Gasteiger charge is 2.08. The minimum Gasteiger partial charge on any atom is -0.297 e. The van der Waals surface area contributed by atoms with Crippen LogP contribution in [0.15, 0.2) is 53.9 Å². The average molecular weight is 238 g/mol. The molecule has 0 aliphatic carbocycles. The first-order valence-electron chi connectivity index (χ1n) is 5.41. The SMILES string of the molecule is O=Cc1sccc1-c1cccc2ccccc12. The molecule has 2 aromatic carbocycles. The predicted molar refractivity (Wildman–Crippen MR) is 72.6 cm³/mol. The summed E-state index contributed by atoms with van der Waals surface area (Å²) in [6, 6.07) is 16.4. The van der Waals surface area contributed by atoms with Crippen molar-refractivity contribution in [2.24, 2.45) is 0 Å². The minimum absolute atomic E-state index is 0.793. The summed E-state index contributed by atoms with van der Waals surface area (Å²) in [5, 5.41) is 4.35. The number of rotatable bonds is 2. The highest BCUT2D eigenvalue weighted by atomic mass is 32.1. The Bertz CT molecular complexity index is 677. The fourth-order valence-electron chi connectivity index (χ4n) is 2.10. The number of benzene rings is 2. The molecule has 1 aromatic heterocycles. The van der Waals surface area contributed by atoms with Crippen LogP contribution in [0.1, 0.15) is 9.67 Å². The molecule has 2 heteroatoms. The molecule has 0 fully saturated rings. The van der Waals surface area contributed by atoms with Crippen LogP contribution >= 0.6 is 11.3 Å². The average Bonchev–Trinajstić information content (AvgIpc) is 2.86. The van der Waals surface area contributed by atoms with E-state index >= 15 is 0 Å². The van der Waals surface area contributed by atoms with Gasteiger partial charge in [0.25, 0.3) is 0 Å². The first-order valence-corrected chi connectivity index (χ1v) is 6.29. The molecule has 0 N–H and O–H groups in total. The van der Waals surface area contributed by atoms with E-state index in [1.165, 1.54) is 22.1 Å². The van der Waals surface area contributed by atoms with E-state index in [-0.39, 0.29) is 0 Å². The summed E-state index contributed by atoms with van der Waals surface area (Å²) in [7, 11) is 0. The Morgan fingerprint density at radius 3 is 2.59 bits per heavy atom. The first-order chi connectivity index (χ1) is 8.40. The summed E-state index contributed by atoms with van der Waals surface area (Å²) in [4.78, 5) is 11.8. The van der Waals surface area contributed by atoms with Crippen molar-refractivity contribution in [2.45, 2.75) is 0 Å². The lowest BCUT2D eigenvalue weighted by molar-refractivity contribution is 0.112. The van der Waals surface area contributed by atoms with Crippen LogP contribution < -0.4 is 0 Å². The molecule has 3 aromatic rings. The second-order valence-electron chi connectivity index (χ2n) is 3.84. The molecular formula is C15H10OS. The van der Waals surface area contributed by atoms with Crippen molar-refractivity contribution in [1.82, 2.24) is 0 Å². The molecule has 1 heterocycles. The largest absolute Gasteiger partial charge is 0.297 e. The Morgan fingerprint density at radius 2 is 1.71 bits per heavy atom. The van der Waals surface area contributed by atoms with Gasteiger partial charge in [-0.15, -0.1) is 11.3 Å². The number of carbonyl (C=O) groups is 1. The van der Waals surface area contributed by atoms with Gasteiger partial charge in [-0.1, -0.05) is 42.5 Å². The summed E-state index contributed by atoms with van der Waals surface area (Å²) in [5.74, 6) is 0. The molecule has 0 atom stereocenters. The van der Waals surface area contributed by atoms with Crippen molar-refractivity contribution >= 4 is 28.4 Å². The molecule has 0 saturated carbocycles. The molecular weight excluding hydrogens is 228 g/mol. The van der Waals surface area contributed by atoms with E-state index in [1.807, 2.05) is 29.6 Å². The Morgan fingerprint density at radius 1 is 0.882 bits per heavy atom. The standard InChI is InChI=1S/C15H10OS/c16-10-15-14(8-9-17-15)13-7-3-5-11-4-1-2-6-12(11)13/h1-10H. The van der Waals surface area contributed by atoms with E-state index in [0.29, 0.717) is 0 Å². The number of thiophene rings is 1. The molecule has 0 radical (unpaired) electrons. The third-order valence-corrected chi connectivity index (χ3v) is 3.72. The van der Waals surface area contributed by atoms with Gasteiger partial charge in [-0.05, 0) is 27.8 Å². The maximum atomic E-state index is 11.0. The lowest BCUT2D eigenvalue weighted by Gasteiger charge is -2.05. The van der Waals surface area contributed by atoms with Crippen LogP contribution in [0.3, 0.4) is 0 Å². The maximum absolute atomic E-state index is 11.0. The van der Waals surface area contributed by atoms with Crippen LogP contribution in [0.25, 0.3) is 21.9 Å². The predicted octanol–water partition coefficient (Wildman–Crippen LogP) is 4.38. The summed E-state index contributed by atoms with van der Waals surface area (Å²) in [6.45, 7) is 0. The molecule has 0 amide bonds. The van der Waals surface area contributed by atoms with Gasteiger partial charge in [-0.2, -0.15) is 0 Å². The third kappa shape index (κ3) is 1.67. The van der Waals surface area contributed by atoms with Gasteiger partial charge in [0.05, 0.1) is 4.88 Å². The van der Waals surface area contributed by atoms with Crippen molar-refractivity contribution < 1.29 is 4.79 Å². The van der Waals surface area contributed by atoms with Gasteiger partial charge in [-0.25, -0.2) is 0 Å². The Hall–Kier alpha value is -1.93. The second kappa shape index (κ2) is 4.15. The maximum Gasteiger partial charge on any atom is 0.160 e. The van der Waals surface area contributed by atoms with Gasteiger partial charge in [0.2, 0.25) is 0 Å². The number of hydrogen-bond donors (Lipinski definition) is 0.